The van der Waals surface area contributed by atoms with Gasteiger partial charge in [0.15, 0.2) is 0 Å². The zero-order chi connectivity index (χ0) is 13.2. The molecular formula is C13H22N2O3. The van der Waals surface area contributed by atoms with E-state index in [1.807, 2.05) is 0 Å². The van der Waals surface area contributed by atoms with Crippen LogP contribution in [0, 0.1) is 11.3 Å². The smallest absolute Gasteiger partial charge is 0.311 e. The number of amides is 1. The number of carbonyl (C=O) groups is 2. The lowest BCUT2D eigenvalue weighted by atomic mass is 9.90. The number of carboxylic acids is 1. The highest BCUT2D eigenvalue weighted by Gasteiger charge is 2.42. The van der Waals surface area contributed by atoms with E-state index in [0.29, 0.717) is 31.8 Å². The number of hydrogen-bond donors (Lipinski definition) is 2. The number of piperidine rings is 1. The number of carbonyl (C=O) groups excluding carboxylic acids is 1. The van der Waals surface area contributed by atoms with Crippen LogP contribution in [-0.2, 0) is 9.59 Å². The van der Waals surface area contributed by atoms with E-state index in [9.17, 15) is 9.59 Å². The number of carboxylic acid groups (broad SMARTS) is 1. The maximum Gasteiger partial charge on any atom is 0.311 e. The van der Waals surface area contributed by atoms with Crippen molar-refractivity contribution in [2.75, 3.05) is 26.2 Å². The standard InChI is InChI=1S/C13H22N2O3/c1-13(12(17)18)4-6-15(9-13)11(16)7-10-3-2-5-14-8-10/h10,14H,2-9H2,1H3,(H,17,18). The van der Waals surface area contributed by atoms with E-state index in [4.69, 9.17) is 5.11 Å². The molecule has 5 nitrogen and oxygen atoms in total. The van der Waals surface area contributed by atoms with Crippen LogP contribution >= 0.6 is 0 Å². The Morgan fingerprint density at radius 3 is 2.83 bits per heavy atom. The lowest BCUT2D eigenvalue weighted by Gasteiger charge is -2.25. The predicted octanol–water partition coefficient (Wildman–Crippen LogP) is 0.699. The maximum absolute atomic E-state index is 12.1. The second-order valence-corrected chi connectivity index (χ2v) is 5.85. The van der Waals surface area contributed by atoms with E-state index >= 15 is 0 Å². The molecule has 0 aromatic carbocycles. The van der Waals surface area contributed by atoms with Crippen LogP contribution in [0.2, 0.25) is 0 Å². The molecule has 2 N–H and O–H groups in total. The summed E-state index contributed by atoms with van der Waals surface area (Å²) in [4.78, 5) is 25.0. The normalized spacial score (nSPS) is 32.5. The lowest BCUT2D eigenvalue weighted by molar-refractivity contribution is -0.147. The Morgan fingerprint density at radius 1 is 1.50 bits per heavy atom. The van der Waals surface area contributed by atoms with Gasteiger partial charge in [-0.3, -0.25) is 9.59 Å². The molecule has 0 aromatic rings. The van der Waals surface area contributed by atoms with Gasteiger partial charge in [0.2, 0.25) is 5.91 Å². The molecule has 2 rings (SSSR count). The Balaban J connectivity index is 1.85. The number of likely N-dealkylation sites (tertiary alicyclic amines) is 1. The Hall–Kier alpha value is -1.10. The van der Waals surface area contributed by atoms with Crippen LogP contribution in [0.5, 0.6) is 0 Å². The topological polar surface area (TPSA) is 69.6 Å². The number of aliphatic carboxylic acids is 1. The van der Waals surface area contributed by atoms with Gasteiger partial charge in [0.25, 0.3) is 0 Å². The molecule has 2 saturated heterocycles. The van der Waals surface area contributed by atoms with Crippen molar-refractivity contribution in [1.29, 1.82) is 0 Å². The predicted molar refractivity (Wildman–Crippen MR) is 67.2 cm³/mol. The Morgan fingerprint density at radius 2 is 2.28 bits per heavy atom. The highest BCUT2D eigenvalue weighted by Crippen LogP contribution is 2.31. The summed E-state index contributed by atoms with van der Waals surface area (Å²) in [6.07, 6.45) is 3.35. The minimum absolute atomic E-state index is 0.119. The second-order valence-electron chi connectivity index (χ2n) is 5.85. The highest BCUT2D eigenvalue weighted by atomic mass is 16.4. The quantitative estimate of drug-likeness (QED) is 0.778. The van der Waals surface area contributed by atoms with Gasteiger partial charge < -0.3 is 15.3 Å². The molecule has 2 heterocycles. The van der Waals surface area contributed by atoms with Crippen molar-refractivity contribution in [2.45, 2.75) is 32.6 Å². The summed E-state index contributed by atoms with van der Waals surface area (Å²) in [5.74, 6) is -0.256. The number of hydrogen-bond acceptors (Lipinski definition) is 3. The largest absolute Gasteiger partial charge is 0.481 e. The Kier molecular flexibility index (Phi) is 3.90. The molecule has 0 bridgehead atoms. The van der Waals surface area contributed by atoms with Gasteiger partial charge in [-0.15, -0.1) is 0 Å². The van der Waals surface area contributed by atoms with Crippen molar-refractivity contribution in [3.05, 3.63) is 0 Å². The van der Waals surface area contributed by atoms with Gasteiger partial charge in [-0.2, -0.15) is 0 Å². The summed E-state index contributed by atoms with van der Waals surface area (Å²) in [5.41, 5.74) is -0.750. The zero-order valence-corrected chi connectivity index (χ0v) is 10.9. The van der Waals surface area contributed by atoms with Gasteiger partial charge in [-0.25, -0.2) is 0 Å². The van der Waals surface area contributed by atoms with Crippen molar-refractivity contribution in [1.82, 2.24) is 10.2 Å². The van der Waals surface area contributed by atoms with Gasteiger partial charge in [0.1, 0.15) is 0 Å². The summed E-state index contributed by atoms with van der Waals surface area (Å²) in [5, 5.41) is 12.4. The van der Waals surface area contributed by atoms with Crippen molar-refractivity contribution in [3.63, 3.8) is 0 Å². The minimum atomic E-state index is -0.794. The molecule has 0 aromatic heterocycles. The third kappa shape index (κ3) is 2.83. The van der Waals surface area contributed by atoms with Crippen LogP contribution in [0.4, 0.5) is 0 Å². The first-order valence-corrected chi connectivity index (χ1v) is 6.73. The molecule has 2 fully saturated rings. The first-order valence-electron chi connectivity index (χ1n) is 6.73. The van der Waals surface area contributed by atoms with E-state index in [1.54, 1.807) is 11.8 Å². The van der Waals surface area contributed by atoms with Crippen LogP contribution in [-0.4, -0.2) is 48.1 Å². The molecule has 102 valence electrons. The van der Waals surface area contributed by atoms with E-state index in [2.05, 4.69) is 5.32 Å². The van der Waals surface area contributed by atoms with Crippen molar-refractivity contribution < 1.29 is 14.7 Å². The molecule has 0 spiro atoms. The number of nitrogens with one attached hydrogen (secondary N) is 1. The molecule has 0 saturated carbocycles. The average Bonchev–Trinajstić information content (AvgIpc) is 2.75. The van der Waals surface area contributed by atoms with E-state index in [-0.39, 0.29) is 5.91 Å². The van der Waals surface area contributed by atoms with Gasteiger partial charge in [0.05, 0.1) is 5.41 Å². The van der Waals surface area contributed by atoms with Gasteiger partial charge in [-0.1, -0.05) is 0 Å². The van der Waals surface area contributed by atoms with Crippen LogP contribution in [0.25, 0.3) is 0 Å². The molecule has 2 unspecified atom stereocenters. The third-order valence-electron chi connectivity index (χ3n) is 4.20. The van der Waals surface area contributed by atoms with Gasteiger partial charge in [0, 0.05) is 19.5 Å². The van der Waals surface area contributed by atoms with Crippen molar-refractivity contribution in [2.24, 2.45) is 11.3 Å². The van der Waals surface area contributed by atoms with E-state index in [1.165, 1.54) is 0 Å². The van der Waals surface area contributed by atoms with Crippen LogP contribution in [0.15, 0.2) is 0 Å². The first kappa shape index (κ1) is 13.3. The highest BCUT2D eigenvalue weighted by molar-refractivity contribution is 5.80. The molecule has 2 aliphatic rings. The van der Waals surface area contributed by atoms with Crippen molar-refractivity contribution >= 4 is 11.9 Å². The fraction of sp³-hybridized carbons (Fsp3) is 0.846. The fourth-order valence-corrected chi connectivity index (χ4v) is 2.82. The van der Waals surface area contributed by atoms with Gasteiger partial charge in [-0.05, 0) is 45.2 Å². The Bertz CT molecular complexity index is 339. The summed E-state index contributed by atoms with van der Waals surface area (Å²) >= 11 is 0. The summed E-state index contributed by atoms with van der Waals surface area (Å²) < 4.78 is 0. The Labute approximate surface area is 108 Å². The summed E-state index contributed by atoms with van der Waals surface area (Å²) in [7, 11) is 0. The fourth-order valence-electron chi connectivity index (χ4n) is 2.82. The van der Waals surface area contributed by atoms with Crippen LogP contribution in [0.3, 0.4) is 0 Å². The average molecular weight is 254 g/mol. The third-order valence-corrected chi connectivity index (χ3v) is 4.20. The molecule has 5 heteroatoms. The van der Waals surface area contributed by atoms with Gasteiger partial charge >= 0.3 is 5.97 Å². The number of nitrogens with zero attached hydrogens (tertiary/aromatic N) is 1. The first-order chi connectivity index (χ1) is 8.51. The van der Waals surface area contributed by atoms with Crippen LogP contribution in [0.1, 0.15) is 32.6 Å². The second kappa shape index (κ2) is 5.26. The summed E-state index contributed by atoms with van der Waals surface area (Å²) in [6, 6.07) is 0. The lowest BCUT2D eigenvalue weighted by Crippen LogP contribution is -2.38. The maximum atomic E-state index is 12.1. The molecule has 0 aliphatic carbocycles. The molecule has 2 aliphatic heterocycles. The van der Waals surface area contributed by atoms with Crippen LogP contribution < -0.4 is 5.32 Å². The number of rotatable bonds is 3. The SMILES string of the molecule is CC1(C(=O)O)CCN(C(=O)CC2CCCNC2)C1. The minimum Gasteiger partial charge on any atom is -0.481 e. The molecular weight excluding hydrogens is 232 g/mol. The molecule has 1 amide bonds. The molecule has 2 atom stereocenters. The van der Waals surface area contributed by atoms with E-state index < -0.39 is 11.4 Å². The monoisotopic (exact) mass is 254 g/mol. The molecule has 18 heavy (non-hydrogen) atoms. The van der Waals surface area contributed by atoms with Crippen molar-refractivity contribution in [3.8, 4) is 0 Å². The van der Waals surface area contributed by atoms with E-state index in [0.717, 1.165) is 25.9 Å². The zero-order valence-electron chi connectivity index (χ0n) is 10.9. The molecule has 0 radical (unpaired) electrons. The summed E-state index contributed by atoms with van der Waals surface area (Å²) in [6.45, 7) is 4.63.